The topological polar surface area (TPSA) is 72.9 Å². The molecule has 324 valence electrons. The molecule has 0 saturated carbocycles. The number of allylic oxidation sites excluding steroid dienone is 2. The highest BCUT2D eigenvalue weighted by Crippen LogP contribution is 2.40. The summed E-state index contributed by atoms with van der Waals surface area (Å²) in [4.78, 5) is 29.8. The number of nitrogens with zero attached hydrogens (tertiary/aromatic N) is 4. The van der Waals surface area contributed by atoms with Crippen LogP contribution in [-0.2, 0) is 10.8 Å². The summed E-state index contributed by atoms with van der Waals surface area (Å²) in [5.41, 5.74) is 10.9. The van der Waals surface area contributed by atoms with Gasteiger partial charge in [-0.2, -0.15) is 9.15 Å². The van der Waals surface area contributed by atoms with E-state index in [2.05, 4.69) is 149 Å². The van der Waals surface area contributed by atoms with Crippen molar-refractivity contribution in [2.24, 2.45) is 0 Å². The molecule has 0 bridgehead atoms. The van der Waals surface area contributed by atoms with E-state index in [1.165, 1.54) is 22.5 Å². The van der Waals surface area contributed by atoms with Gasteiger partial charge in [0.25, 0.3) is 0 Å². The minimum atomic E-state index is -0.313. The van der Waals surface area contributed by atoms with Crippen LogP contribution in [0, 0.1) is 0 Å². The molecule has 8 nitrogen and oxygen atoms in total. The SMILES string of the molecule is CCN(CC)c1ccc2cc(/C=C/C3=[N+](C)c4ccccc4C3(C)C)c(=O)oc2c1.CCN(CC)c1ccc2cc(/C=C/C3=[N+](C)c4ccccc4C3(C)C)c(=O)oc2c1.[I-].[I-]. The molecule has 2 aromatic heterocycles. The van der Waals surface area contributed by atoms with Gasteiger partial charge in [0.15, 0.2) is 11.4 Å². The zero-order chi connectivity index (χ0) is 42.9. The van der Waals surface area contributed by atoms with Crippen molar-refractivity contribution in [3.05, 3.63) is 152 Å². The fourth-order valence-electron chi connectivity index (χ4n) is 8.98. The second-order valence-corrected chi connectivity index (χ2v) is 16.6. The first kappa shape index (κ1) is 48.2. The van der Waals surface area contributed by atoms with E-state index in [0.29, 0.717) is 22.3 Å². The molecular weight excluding hydrogens is 998 g/mol. The number of para-hydroxylation sites is 2. The third kappa shape index (κ3) is 9.13. The van der Waals surface area contributed by atoms with Crippen molar-refractivity contribution < 1.29 is 65.9 Å². The lowest BCUT2D eigenvalue weighted by Gasteiger charge is -2.20. The number of rotatable bonds is 10. The summed E-state index contributed by atoms with van der Waals surface area (Å²) in [6, 6.07) is 32.8. The molecule has 0 spiro atoms. The number of anilines is 2. The Labute approximate surface area is 400 Å². The lowest BCUT2D eigenvalue weighted by atomic mass is 9.81. The van der Waals surface area contributed by atoms with Gasteiger partial charge >= 0.3 is 11.3 Å². The predicted molar refractivity (Wildman–Crippen MR) is 251 cm³/mol. The summed E-state index contributed by atoms with van der Waals surface area (Å²) in [5.74, 6) is 0. The fraction of sp³-hybridized carbons (Fsp3) is 0.308. The Morgan fingerprint density at radius 1 is 0.516 bits per heavy atom. The highest BCUT2D eigenvalue weighted by molar-refractivity contribution is 6.06. The van der Waals surface area contributed by atoms with E-state index in [1.54, 1.807) is 0 Å². The average Bonchev–Trinajstić information content (AvgIpc) is 3.56. The molecule has 0 atom stereocenters. The van der Waals surface area contributed by atoms with Gasteiger partial charge in [-0.1, -0.05) is 36.4 Å². The van der Waals surface area contributed by atoms with Crippen molar-refractivity contribution in [2.75, 3.05) is 50.1 Å². The minimum Gasteiger partial charge on any atom is -1.00 e. The van der Waals surface area contributed by atoms with Crippen molar-refractivity contribution in [3.8, 4) is 0 Å². The van der Waals surface area contributed by atoms with E-state index < -0.39 is 0 Å². The molecular formula is C52H58I2N4O4. The zero-order valence-electron chi connectivity index (χ0n) is 37.6. The lowest BCUT2D eigenvalue weighted by molar-refractivity contribution is -0.401. The molecule has 0 amide bonds. The van der Waals surface area contributed by atoms with Gasteiger partial charge in [-0.25, -0.2) is 9.59 Å². The van der Waals surface area contributed by atoms with Gasteiger partial charge < -0.3 is 66.6 Å². The van der Waals surface area contributed by atoms with E-state index in [1.807, 2.05) is 60.7 Å². The third-order valence-electron chi connectivity index (χ3n) is 12.5. The lowest BCUT2D eigenvalue weighted by Crippen LogP contribution is -3.00. The molecule has 10 heteroatoms. The van der Waals surface area contributed by atoms with Crippen LogP contribution in [-0.4, -0.2) is 60.8 Å². The Kier molecular flexibility index (Phi) is 15.3. The average molecular weight is 1060 g/mol. The molecule has 0 saturated heterocycles. The summed E-state index contributed by atoms with van der Waals surface area (Å²) >= 11 is 0. The van der Waals surface area contributed by atoms with Crippen LogP contribution in [0.1, 0.15) is 77.6 Å². The van der Waals surface area contributed by atoms with Crippen molar-refractivity contribution >= 4 is 68.3 Å². The summed E-state index contributed by atoms with van der Waals surface area (Å²) < 4.78 is 15.7. The zero-order valence-corrected chi connectivity index (χ0v) is 41.9. The second-order valence-electron chi connectivity index (χ2n) is 16.6. The molecule has 0 unspecified atom stereocenters. The van der Waals surface area contributed by atoms with Crippen LogP contribution in [0.25, 0.3) is 34.1 Å². The normalized spacial score (nSPS) is 14.7. The van der Waals surface area contributed by atoms with Crippen molar-refractivity contribution in [3.63, 3.8) is 0 Å². The van der Waals surface area contributed by atoms with Gasteiger partial charge in [0.05, 0.1) is 22.0 Å². The Balaban J connectivity index is 0.000000227. The van der Waals surface area contributed by atoms with Gasteiger partial charge in [-0.05, 0) is 104 Å². The van der Waals surface area contributed by atoms with Crippen LogP contribution in [0.15, 0.2) is 128 Å². The molecule has 62 heavy (non-hydrogen) atoms. The molecule has 2 aliphatic rings. The highest BCUT2D eigenvalue weighted by Gasteiger charge is 2.43. The first-order chi connectivity index (χ1) is 28.7. The Morgan fingerprint density at radius 2 is 0.871 bits per heavy atom. The van der Waals surface area contributed by atoms with Crippen LogP contribution in [0.4, 0.5) is 22.7 Å². The monoisotopic (exact) mass is 1060 g/mol. The van der Waals surface area contributed by atoms with Gasteiger partial charge in [0.2, 0.25) is 11.4 Å². The van der Waals surface area contributed by atoms with E-state index in [-0.39, 0.29) is 70.0 Å². The predicted octanol–water partition coefficient (Wildman–Crippen LogP) is 4.73. The molecule has 6 aromatic rings. The van der Waals surface area contributed by atoms with Crippen molar-refractivity contribution in [1.29, 1.82) is 0 Å². The summed E-state index contributed by atoms with van der Waals surface area (Å²) in [7, 11) is 4.15. The van der Waals surface area contributed by atoms with Crippen LogP contribution in [0.5, 0.6) is 0 Å². The van der Waals surface area contributed by atoms with E-state index in [4.69, 9.17) is 8.83 Å². The molecule has 4 heterocycles. The van der Waals surface area contributed by atoms with Crippen LogP contribution < -0.4 is 69.0 Å². The van der Waals surface area contributed by atoms with E-state index in [9.17, 15) is 9.59 Å². The molecule has 2 aliphatic heterocycles. The molecule has 4 aromatic carbocycles. The van der Waals surface area contributed by atoms with Gasteiger partial charge in [-0.15, -0.1) is 0 Å². The summed E-state index contributed by atoms with van der Waals surface area (Å²) in [5, 5.41) is 1.86. The number of fused-ring (bicyclic) bond motifs is 4. The van der Waals surface area contributed by atoms with Crippen LogP contribution >= 0.6 is 0 Å². The molecule has 0 radical (unpaired) electrons. The number of hydrogen-bond donors (Lipinski definition) is 0. The summed E-state index contributed by atoms with van der Waals surface area (Å²) in [6.07, 6.45) is 7.84. The van der Waals surface area contributed by atoms with Gasteiger partial charge in [-0.3, -0.25) is 0 Å². The smallest absolute Gasteiger partial charge is 0.343 e. The maximum absolute atomic E-state index is 12.7. The number of hydrogen-bond acceptors (Lipinski definition) is 6. The van der Waals surface area contributed by atoms with E-state index in [0.717, 1.165) is 59.7 Å². The highest BCUT2D eigenvalue weighted by atomic mass is 127. The Morgan fingerprint density at radius 3 is 1.21 bits per heavy atom. The van der Waals surface area contributed by atoms with Gasteiger partial charge in [0.1, 0.15) is 25.3 Å². The second kappa shape index (κ2) is 19.7. The summed E-state index contributed by atoms with van der Waals surface area (Å²) in [6.45, 7) is 21.0. The standard InChI is InChI=1S/2C26H29N2O2.2HI/c2*1-6-28(7-2)20-14-12-18-16-19(25(29)30-23(18)17-20)13-15-24-26(3,4)21-10-8-9-11-22(21)27(24)5;;/h2*8-17H,6-7H2,1-5H3;2*1H/q2*+1;;/p-2. The number of benzene rings is 4. The molecule has 0 fully saturated rings. The minimum absolute atomic E-state index is 0. The Bertz CT molecular complexity index is 2660. The maximum atomic E-state index is 12.7. The van der Waals surface area contributed by atoms with E-state index >= 15 is 0 Å². The maximum Gasteiger partial charge on any atom is 0.343 e. The van der Waals surface area contributed by atoms with Crippen molar-refractivity contribution in [1.82, 2.24) is 0 Å². The molecule has 0 N–H and O–H groups in total. The first-order valence-corrected chi connectivity index (χ1v) is 21.2. The fourth-order valence-corrected chi connectivity index (χ4v) is 8.98. The third-order valence-corrected chi connectivity index (χ3v) is 12.5. The number of halogens is 2. The molecule has 0 aliphatic carbocycles. The van der Waals surface area contributed by atoms with Gasteiger partial charge in [0, 0.05) is 95.9 Å². The first-order valence-electron chi connectivity index (χ1n) is 21.2. The largest absolute Gasteiger partial charge is 1.00 e. The van der Waals surface area contributed by atoms with Crippen LogP contribution in [0.2, 0.25) is 0 Å². The Hall–Kier alpha value is -4.82. The quantitative estimate of drug-likeness (QED) is 0.113. The molecule has 8 rings (SSSR count). The van der Waals surface area contributed by atoms with Crippen LogP contribution in [0.3, 0.4) is 0 Å². The van der Waals surface area contributed by atoms with Crippen molar-refractivity contribution in [2.45, 2.75) is 66.2 Å².